The van der Waals surface area contributed by atoms with Crippen molar-refractivity contribution >= 4 is 0 Å². The van der Waals surface area contributed by atoms with Crippen LogP contribution in [0.1, 0.15) is 31.0 Å². The summed E-state index contributed by atoms with van der Waals surface area (Å²) >= 11 is 0. The van der Waals surface area contributed by atoms with Crippen LogP contribution in [0.3, 0.4) is 0 Å². The molecule has 1 aromatic heterocycles. The second-order valence-electron chi connectivity index (χ2n) is 4.66. The summed E-state index contributed by atoms with van der Waals surface area (Å²) in [4.78, 5) is 4.41. The Bertz CT molecular complexity index is 328. The van der Waals surface area contributed by atoms with Crippen molar-refractivity contribution in [1.82, 2.24) is 10.3 Å². The summed E-state index contributed by atoms with van der Waals surface area (Å²) in [7, 11) is 0. The lowest BCUT2D eigenvalue weighted by Crippen LogP contribution is -2.43. The van der Waals surface area contributed by atoms with Gasteiger partial charge in [0.05, 0.1) is 5.60 Å². The Morgan fingerprint density at radius 1 is 1.38 bits per heavy atom. The van der Waals surface area contributed by atoms with Crippen LogP contribution in [0.2, 0.25) is 0 Å². The lowest BCUT2D eigenvalue weighted by Gasteiger charge is -2.32. The highest BCUT2D eigenvalue weighted by atomic mass is 16.3. The average molecular weight is 220 g/mol. The molecule has 2 rings (SSSR count). The largest absolute Gasteiger partial charge is 0.389 e. The summed E-state index contributed by atoms with van der Waals surface area (Å²) in [6.45, 7) is 3.93. The van der Waals surface area contributed by atoms with E-state index in [-0.39, 0.29) is 0 Å². The Hall–Kier alpha value is -0.930. The minimum atomic E-state index is -0.550. The van der Waals surface area contributed by atoms with E-state index in [1.54, 1.807) is 0 Å². The van der Waals surface area contributed by atoms with E-state index in [0.29, 0.717) is 6.42 Å². The van der Waals surface area contributed by atoms with Gasteiger partial charge in [0.2, 0.25) is 0 Å². The molecule has 0 spiro atoms. The second kappa shape index (κ2) is 4.93. The van der Waals surface area contributed by atoms with Crippen molar-refractivity contribution in [3.8, 4) is 0 Å². The summed E-state index contributed by atoms with van der Waals surface area (Å²) in [5.41, 5.74) is 1.70. The molecule has 0 aromatic carbocycles. The third-order valence-corrected chi connectivity index (χ3v) is 3.34. The van der Waals surface area contributed by atoms with Crippen LogP contribution in [0.15, 0.2) is 18.3 Å². The van der Waals surface area contributed by atoms with Crippen LogP contribution in [-0.4, -0.2) is 28.8 Å². The molecule has 0 atom stereocenters. The fraction of sp³-hybridized carbons (Fsp3) is 0.615. The second-order valence-corrected chi connectivity index (χ2v) is 4.66. The number of piperidine rings is 1. The number of aliphatic hydroxyl groups is 1. The standard InChI is InChI=1S/C13H20N2O/c1-2-11-3-4-12(15-10-11)9-13(16)5-7-14-8-6-13/h3-4,10,14,16H,2,5-9H2,1H3. The monoisotopic (exact) mass is 220 g/mol. The number of aromatic nitrogens is 1. The van der Waals surface area contributed by atoms with Gasteiger partial charge in [0.1, 0.15) is 0 Å². The third kappa shape index (κ3) is 2.80. The molecule has 1 aliphatic rings. The molecule has 1 saturated heterocycles. The van der Waals surface area contributed by atoms with Gasteiger partial charge in [-0.3, -0.25) is 4.98 Å². The zero-order valence-electron chi connectivity index (χ0n) is 9.87. The Morgan fingerprint density at radius 3 is 2.69 bits per heavy atom. The van der Waals surface area contributed by atoms with Crippen molar-refractivity contribution in [2.75, 3.05) is 13.1 Å². The summed E-state index contributed by atoms with van der Waals surface area (Å²) in [5.74, 6) is 0. The van der Waals surface area contributed by atoms with Crippen molar-refractivity contribution in [2.45, 2.75) is 38.2 Å². The summed E-state index contributed by atoms with van der Waals surface area (Å²) in [5, 5.41) is 13.6. The fourth-order valence-electron chi connectivity index (χ4n) is 2.17. The quantitative estimate of drug-likeness (QED) is 0.807. The van der Waals surface area contributed by atoms with E-state index in [4.69, 9.17) is 0 Å². The van der Waals surface area contributed by atoms with Crippen molar-refractivity contribution in [2.24, 2.45) is 0 Å². The lowest BCUT2D eigenvalue weighted by atomic mass is 9.87. The number of aryl methyl sites for hydroxylation is 1. The van der Waals surface area contributed by atoms with Crippen molar-refractivity contribution in [1.29, 1.82) is 0 Å². The molecule has 1 aliphatic heterocycles. The Kier molecular flexibility index (Phi) is 3.56. The van der Waals surface area contributed by atoms with Crippen LogP contribution < -0.4 is 5.32 Å². The molecule has 1 fully saturated rings. The first kappa shape index (κ1) is 11.6. The SMILES string of the molecule is CCc1ccc(CC2(O)CCNCC2)nc1. The predicted octanol–water partition coefficient (Wildman–Crippen LogP) is 1.30. The van der Waals surface area contributed by atoms with E-state index in [0.717, 1.165) is 38.0 Å². The molecule has 0 saturated carbocycles. The van der Waals surface area contributed by atoms with E-state index in [2.05, 4.69) is 23.3 Å². The molecule has 88 valence electrons. The van der Waals surface area contributed by atoms with E-state index in [1.807, 2.05) is 12.3 Å². The van der Waals surface area contributed by atoms with Gasteiger partial charge in [-0.2, -0.15) is 0 Å². The van der Waals surface area contributed by atoms with Crippen molar-refractivity contribution in [3.63, 3.8) is 0 Å². The maximum Gasteiger partial charge on any atom is 0.0727 e. The van der Waals surface area contributed by atoms with Gasteiger partial charge in [0, 0.05) is 18.3 Å². The normalized spacial score (nSPS) is 19.6. The van der Waals surface area contributed by atoms with Gasteiger partial charge in [0.15, 0.2) is 0 Å². The third-order valence-electron chi connectivity index (χ3n) is 3.34. The number of nitrogens with zero attached hydrogens (tertiary/aromatic N) is 1. The summed E-state index contributed by atoms with van der Waals surface area (Å²) in [6, 6.07) is 4.14. The maximum absolute atomic E-state index is 10.4. The van der Waals surface area contributed by atoms with Gasteiger partial charge >= 0.3 is 0 Å². The Labute approximate surface area is 96.9 Å². The molecule has 16 heavy (non-hydrogen) atoms. The number of hydrogen-bond acceptors (Lipinski definition) is 3. The molecule has 3 heteroatoms. The van der Waals surface area contributed by atoms with E-state index >= 15 is 0 Å². The van der Waals surface area contributed by atoms with Gasteiger partial charge < -0.3 is 10.4 Å². The minimum Gasteiger partial charge on any atom is -0.389 e. The van der Waals surface area contributed by atoms with Crippen LogP contribution in [-0.2, 0) is 12.8 Å². The predicted molar refractivity (Wildman–Crippen MR) is 64.4 cm³/mol. The highest BCUT2D eigenvalue weighted by Crippen LogP contribution is 2.22. The molecule has 1 aromatic rings. The van der Waals surface area contributed by atoms with E-state index < -0.39 is 5.60 Å². The van der Waals surface area contributed by atoms with Gasteiger partial charge in [-0.1, -0.05) is 13.0 Å². The lowest BCUT2D eigenvalue weighted by molar-refractivity contribution is 0.0100. The first-order valence-electron chi connectivity index (χ1n) is 6.09. The molecule has 0 bridgehead atoms. The topological polar surface area (TPSA) is 45.1 Å². The molecule has 0 unspecified atom stereocenters. The zero-order chi connectivity index (χ0) is 11.4. The molecule has 2 N–H and O–H groups in total. The Morgan fingerprint density at radius 2 is 2.12 bits per heavy atom. The first-order valence-corrected chi connectivity index (χ1v) is 6.09. The highest BCUT2D eigenvalue weighted by Gasteiger charge is 2.29. The molecule has 3 nitrogen and oxygen atoms in total. The van der Waals surface area contributed by atoms with Gasteiger partial charge in [-0.25, -0.2) is 0 Å². The van der Waals surface area contributed by atoms with Crippen LogP contribution >= 0.6 is 0 Å². The van der Waals surface area contributed by atoms with Gasteiger partial charge in [-0.15, -0.1) is 0 Å². The molecule has 0 aliphatic carbocycles. The average Bonchev–Trinajstić information content (AvgIpc) is 2.30. The van der Waals surface area contributed by atoms with Crippen LogP contribution in [0, 0.1) is 0 Å². The first-order chi connectivity index (χ1) is 7.72. The van der Waals surface area contributed by atoms with E-state index in [9.17, 15) is 5.11 Å². The Balaban J connectivity index is 2.01. The minimum absolute atomic E-state index is 0.550. The van der Waals surface area contributed by atoms with Crippen LogP contribution in [0.4, 0.5) is 0 Å². The number of pyridine rings is 1. The summed E-state index contributed by atoms with van der Waals surface area (Å²) < 4.78 is 0. The molecule has 2 heterocycles. The number of rotatable bonds is 3. The van der Waals surface area contributed by atoms with Crippen molar-refractivity contribution < 1.29 is 5.11 Å². The molecule has 0 amide bonds. The summed E-state index contributed by atoms with van der Waals surface area (Å²) in [6.07, 6.45) is 5.26. The van der Waals surface area contributed by atoms with Crippen LogP contribution in [0.5, 0.6) is 0 Å². The molecular formula is C13H20N2O. The molecular weight excluding hydrogens is 200 g/mol. The van der Waals surface area contributed by atoms with Gasteiger partial charge in [0.25, 0.3) is 0 Å². The smallest absolute Gasteiger partial charge is 0.0727 e. The fourth-order valence-corrected chi connectivity index (χ4v) is 2.17. The van der Waals surface area contributed by atoms with Gasteiger partial charge in [-0.05, 0) is 44.0 Å². The van der Waals surface area contributed by atoms with E-state index in [1.165, 1.54) is 5.56 Å². The zero-order valence-corrected chi connectivity index (χ0v) is 9.87. The highest BCUT2D eigenvalue weighted by molar-refractivity contribution is 5.15. The number of hydrogen-bond donors (Lipinski definition) is 2. The maximum atomic E-state index is 10.4. The van der Waals surface area contributed by atoms with Crippen molar-refractivity contribution in [3.05, 3.63) is 29.6 Å². The van der Waals surface area contributed by atoms with Crippen LogP contribution in [0.25, 0.3) is 0 Å². The molecule has 0 radical (unpaired) electrons. The number of nitrogens with one attached hydrogen (secondary N) is 1.